The van der Waals surface area contributed by atoms with E-state index >= 15 is 0 Å². The van der Waals surface area contributed by atoms with Gasteiger partial charge in [-0.1, -0.05) is 29.8 Å². The van der Waals surface area contributed by atoms with Crippen molar-refractivity contribution < 1.29 is 4.79 Å². The lowest BCUT2D eigenvalue weighted by Gasteiger charge is -2.25. The standard InChI is InChI=1S/C16H23NO/c1-12-5-4-6-14(11-12)7-10-16(18)17(3)13(2)15-8-9-15/h4-6,11,13,15H,7-10H2,1-3H3. The van der Waals surface area contributed by atoms with Crippen molar-refractivity contribution >= 4 is 5.91 Å². The summed E-state index contributed by atoms with van der Waals surface area (Å²) in [5, 5.41) is 0. The third kappa shape index (κ3) is 3.34. The normalized spacial score (nSPS) is 16.4. The van der Waals surface area contributed by atoms with Crippen molar-refractivity contribution in [2.75, 3.05) is 7.05 Å². The number of nitrogens with zero attached hydrogens (tertiary/aromatic N) is 1. The van der Waals surface area contributed by atoms with Crippen LogP contribution in [0.3, 0.4) is 0 Å². The number of rotatable bonds is 5. The van der Waals surface area contributed by atoms with E-state index < -0.39 is 0 Å². The van der Waals surface area contributed by atoms with E-state index in [1.54, 1.807) is 0 Å². The number of hydrogen-bond acceptors (Lipinski definition) is 1. The first-order valence-corrected chi connectivity index (χ1v) is 6.89. The molecule has 1 amide bonds. The summed E-state index contributed by atoms with van der Waals surface area (Å²) in [5.41, 5.74) is 2.52. The Kier molecular flexibility index (Phi) is 4.05. The minimum atomic E-state index is 0.274. The molecule has 2 heteroatoms. The molecule has 0 spiro atoms. The molecular formula is C16H23NO. The Labute approximate surface area is 110 Å². The summed E-state index contributed by atoms with van der Waals surface area (Å²) in [7, 11) is 1.95. The third-order valence-corrected chi connectivity index (χ3v) is 4.02. The molecule has 2 rings (SSSR count). The van der Waals surface area contributed by atoms with Gasteiger partial charge in [-0.05, 0) is 44.6 Å². The van der Waals surface area contributed by atoms with E-state index in [1.807, 2.05) is 11.9 Å². The number of carbonyl (C=O) groups is 1. The van der Waals surface area contributed by atoms with Crippen LogP contribution in [0.4, 0.5) is 0 Å². The molecule has 18 heavy (non-hydrogen) atoms. The monoisotopic (exact) mass is 245 g/mol. The van der Waals surface area contributed by atoms with Gasteiger partial charge in [0, 0.05) is 19.5 Å². The Morgan fingerprint density at radius 3 is 2.78 bits per heavy atom. The van der Waals surface area contributed by atoms with Crippen LogP contribution >= 0.6 is 0 Å². The third-order valence-electron chi connectivity index (χ3n) is 4.02. The molecule has 1 aromatic carbocycles. The van der Waals surface area contributed by atoms with E-state index in [-0.39, 0.29) is 5.91 Å². The van der Waals surface area contributed by atoms with Gasteiger partial charge < -0.3 is 4.90 Å². The molecule has 0 N–H and O–H groups in total. The fourth-order valence-corrected chi connectivity index (χ4v) is 2.42. The smallest absolute Gasteiger partial charge is 0.222 e. The van der Waals surface area contributed by atoms with E-state index in [4.69, 9.17) is 0 Å². The van der Waals surface area contributed by atoms with Gasteiger partial charge in [0.25, 0.3) is 0 Å². The van der Waals surface area contributed by atoms with Crippen molar-refractivity contribution in [2.24, 2.45) is 5.92 Å². The number of benzene rings is 1. The molecule has 1 unspecified atom stereocenters. The molecular weight excluding hydrogens is 222 g/mol. The first kappa shape index (κ1) is 13.1. The topological polar surface area (TPSA) is 20.3 Å². The predicted molar refractivity (Wildman–Crippen MR) is 74.5 cm³/mol. The Morgan fingerprint density at radius 1 is 1.44 bits per heavy atom. The molecule has 1 atom stereocenters. The highest BCUT2D eigenvalue weighted by Crippen LogP contribution is 2.34. The maximum Gasteiger partial charge on any atom is 0.222 e. The average Bonchev–Trinajstić information content (AvgIpc) is 3.18. The van der Waals surface area contributed by atoms with E-state index in [1.165, 1.54) is 24.0 Å². The molecule has 2 nitrogen and oxygen atoms in total. The van der Waals surface area contributed by atoms with Crippen LogP contribution < -0.4 is 0 Å². The molecule has 98 valence electrons. The van der Waals surface area contributed by atoms with Crippen molar-refractivity contribution in [3.63, 3.8) is 0 Å². The molecule has 1 aliphatic carbocycles. The van der Waals surface area contributed by atoms with Crippen LogP contribution in [0.1, 0.15) is 37.3 Å². The first-order chi connectivity index (χ1) is 8.58. The van der Waals surface area contributed by atoms with Gasteiger partial charge in [-0.3, -0.25) is 4.79 Å². The quantitative estimate of drug-likeness (QED) is 0.780. The molecule has 0 radical (unpaired) electrons. The van der Waals surface area contributed by atoms with Crippen LogP contribution in [0.15, 0.2) is 24.3 Å². The van der Waals surface area contributed by atoms with Gasteiger partial charge in [0.2, 0.25) is 5.91 Å². The fourth-order valence-electron chi connectivity index (χ4n) is 2.42. The van der Waals surface area contributed by atoms with Gasteiger partial charge in [0.1, 0.15) is 0 Å². The molecule has 0 aliphatic heterocycles. The van der Waals surface area contributed by atoms with Gasteiger partial charge in [-0.15, -0.1) is 0 Å². The highest BCUT2D eigenvalue weighted by atomic mass is 16.2. The Balaban J connectivity index is 1.84. The second-order valence-corrected chi connectivity index (χ2v) is 5.57. The Bertz CT molecular complexity index is 423. The maximum absolute atomic E-state index is 12.1. The second-order valence-electron chi connectivity index (χ2n) is 5.57. The zero-order valence-corrected chi connectivity index (χ0v) is 11.6. The van der Waals surface area contributed by atoms with Crippen LogP contribution in [-0.4, -0.2) is 23.9 Å². The zero-order chi connectivity index (χ0) is 13.1. The van der Waals surface area contributed by atoms with E-state index in [0.29, 0.717) is 12.5 Å². The summed E-state index contributed by atoms with van der Waals surface area (Å²) in [6.07, 6.45) is 4.05. The lowest BCUT2D eigenvalue weighted by molar-refractivity contribution is -0.132. The van der Waals surface area contributed by atoms with Gasteiger partial charge in [-0.25, -0.2) is 0 Å². The summed E-state index contributed by atoms with van der Waals surface area (Å²) in [6.45, 7) is 4.26. The predicted octanol–water partition coefficient (Wildman–Crippen LogP) is 3.18. The van der Waals surface area contributed by atoms with E-state index in [9.17, 15) is 4.79 Å². The average molecular weight is 245 g/mol. The van der Waals surface area contributed by atoms with Crippen molar-refractivity contribution in [2.45, 2.75) is 45.6 Å². The van der Waals surface area contributed by atoms with Crippen LogP contribution in [0.25, 0.3) is 0 Å². The summed E-state index contributed by atoms with van der Waals surface area (Å²) < 4.78 is 0. The molecule has 1 saturated carbocycles. The molecule has 1 aromatic rings. The number of aryl methyl sites for hydroxylation is 2. The molecule has 0 saturated heterocycles. The number of amides is 1. The summed E-state index contributed by atoms with van der Waals surface area (Å²) in [5.74, 6) is 1.02. The van der Waals surface area contributed by atoms with Gasteiger partial charge >= 0.3 is 0 Å². The summed E-state index contributed by atoms with van der Waals surface area (Å²) in [4.78, 5) is 14.0. The molecule has 1 fully saturated rings. The van der Waals surface area contributed by atoms with Crippen molar-refractivity contribution in [3.8, 4) is 0 Å². The Morgan fingerprint density at radius 2 is 2.17 bits per heavy atom. The first-order valence-electron chi connectivity index (χ1n) is 6.89. The molecule has 0 aromatic heterocycles. The fraction of sp³-hybridized carbons (Fsp3) is 0.562. The number of hydrogen-bond donors (Lipinski definition) is 0. The van der Waals surface area contributed by atoms with Gasteiger partial charge in [0.15, 0.2) is 0 Å². The van der Waals surface area contributed by atoms with Crippen LogP contribution in [0.5, 0.6) is 0 Å². The lowest BCUT2D eigenvalue weighted by Crippen LogP contribution is -2.36. The highest BCUT2D eigenvalue weighted by molar-refractivity contribution is 5.76. The van der Waals surface area contributed by atoms with E-state index in [2.05, 4.69) is 38.1 Å². The van der Waals surface area contributed by atoms with Crippen molar-refractivity contribution in [1.82, 2.24) is 4.90 Å². The lowest BCUT2D eigenvalue weighted by atomic mass is 10.1. The maximum atomic E-state index is 12.1. The largest absolute Gasteiger partial charge is 0.343 e. The number of carbonyl (C=O) groups excluding carboxylic acids is 1. The summed E-state index contributed by atoms with van der Waals surface area (Å²) >= 11 is 0. The zero-order valence-electron chi connectivity index (χ0n) is 11.6. The van der Waals surface area contributed by atoms with Crippen molar-refractivity contribution in [1.29, 1.82) is 0 Å². The van der Waals surface area contributed by atoms with Crippen LogP contribution in [0.2, 0.25) is 0 Å². The van der Waals surface area contributed by atoms with Gasteiger partial charge in [-0.2, -0.15) is 0 Å². The minimum absolute atomic E-state index is 0.274. The molecule has 0 heterocycles. The van der Waals surface area contributed by atoms with Crippen molar-refractivity contribution in [3.05, 3.63) is 35.4 Å². The molecule has 0 bridgehead atoms. The van der Waals surface area contributed by atoms with Crippen LogP contribution in [0, 0.1) is 12.8 Å². The second kappa shape index (κ2) is 5.55. The Hall–Kier alpha value is -1.31. The van der Waals surface area contributed by atoms with Gasteiger partial charge in [0.05, 0.1) is 0 Å². The minimum Gasteiger partial charge on any atom is -0.343 e. The van der Waals surface area contributed by atoms with Crippen LogP contribution in [-0.2, 0) is 11.2 Å². The van der Waals surface area contributed by atoms with E-state index in [0.717, 1.165) is 12.3 Å². The highest BCUT2D eigenvalue weighted by Gasteiger charge is 2.32. The molecule has 1 aliphatic rings. The SMILES string of the molecule is Cc1cccc(CCC(=O)N(C)C(C)C2CC2)c1. The summed E-state index contributed by atoms with van der Waals surface area (Å²) in [6, 6.07) is 8.83.